The second-order valence-corrected chi connectivity index (χ2v) is 7.36. The van der Waals surface area contributed by atoms with E-state index in [-0.39, 0.29) is 5.91 Å². The Morgan fingerprint density at radius 2 is 2.08 bits per heavy atom. The van der Waals surface area contributed by atoms with Crippen molar-refractivity contribution in [3.8, 4) is 0 Å². The number of thiophene rings is 1. The van der Waals surface area contributed by atoms with Crippen molar-refractivity contribution in [1.29, 1.82) is 0 Å². The lowest BCUT2D eigenvalue weighted by Gasteiger charge is -2.09. The minimum atomic E-state index is 0.0152. The van der Waals surface area contributed by atoms with Gasteiger partial charge in [0, 0.05) is 36.7 Å². The Morgan fingerprint density at radius 1 is 1.21 bits per heavy atom. The third kappa shape index (κ3) is 4.54. The van der Waals surface area contributed by atoms with Crippen LogP contribution in [-0.4, -0.2) is 21.2 Å². The van der Waals surface area contributed by atoms with E-state index in [1.807, 2.05) is 17.5 Å². The fourth-order valence-electron chi connectivity index (χ4n) is 2.89. The van der Waals surface area contributed by atoms with Gasteiger partial charge in [-0.3, -0.25) is 4.79 Å². The Bertz CT molecular complexity index is 716. The highest BCUT2D eigenvalue weighted by Gasteiger charge is 2.14. The minimum Gasteiger partial charge on any atom is -0.335 e. The molecule has 1 amide bonds. The van der Waals surface area contributed by atoms with E-state index in [1.54, 1.807) is 0 Å². The summed E-state index contributed by atoms with van der Waals surface area (Å²) in [6.07, 6.45) is 11.3. The van der Waals surface area contributed by atoms with E-state index in [2.05, 4.69) is 45.3 Å². The number of nitrogens with one attached hydrogen (secondary N) is 1. The predicted octanol–water partition coefficient (Wildman–Crippen LogP) is 3.67. The van der Waals surface area contributed by atoms with Crippen molar-refractivity contribution in [2.75, 3.05) is 0 Å². The molecule has 1 aliphatic rings. The zero-order valence-electron chi connectivity index (χ0n) is 14.1. The van der Waals surface area contributed by atoms with Crippen molar-refractivity contribution < 1.29 is 4.79 Å². The van der Waals surface area contributed by atoms with Gasteiger partial charge in [-0.15, -0.1) is 11.3 Å². The van der Waals surface area contributed by atoms with Gasteiger partial charge in [0.05, 0.1) is 10.6 Å². The van der Waals surface area contributed by atoms with Gasteiger partial charge in [-0.2, -0.15) is 5.10 Å². The quantitative estimate of drug-likeness (QED) is 0.743. The molecule has 6 heteroatoms. The summed E-state index contributed by atoms with van der Waals surface area (Å²) in [4.78, 5) is 18.0. The van der Waals surface area contributed by atoms with Gasteiger partial charge in [-0.1, -0.05) is 12.8 Å². The molecule has 0 unspecified atom stereocenters. The smallest absolute Gasteiger partial charge is 0.240 e. The topological polar surface area (TPSA) is 59.3 Å². The Hall–Kier alpha value is -1.95. The number of hydrazone groups is 1. The van der Waals surface area contributed by atoms with Crippen LogP contribution in [-0.2, 0) is 17.8 Å². The SMILES string of the molecule is Cc1nccn1CCCCCCc1ccc(C2=NNC(=O)CC2)s1. The van der Waals surface area contributed by atoms with Crippen LogP contribution in [0.5, 0.6) is 0 Å². The Kier molecular flexibility index (Phi) is 5.80. The lowest BCUT2D eigenvalue weighted by molar-refractivity contribution is -0.121. The van der Waals surface area contributed by atoms with Gasteiger partial charge in [0.2, 0.25) is 5.91 Å². The molecule has 24 heavy (non-hydrogen) atoms. The first-order valence-electron chi connectivity index (χ1n) is 8.64. The first-order valence-corrected chi connectivity index (χ1v) is 9.46. The van der Waals surface area contributed by atoms with Crippen molar-refractivity contribution >= 4 is 23.0 Å². The van der Waals surface area contributed by atoms with Crippen LogP contribution >= 0.6 is 11.3 Å². The number of nitrogens with zero attached hydrogens (tertiary/aromatic N) is 3. The van der Waals surface area contributed by atoms with Crippen LogP contribution in [0, 0.1) is 6.92 Å². The summed E-state index contributed by atoms with van der Waals surface area (Å²) in [6, 6.07) is 4.34. The highest BCUT2D eigenvalue weighted by atomic mass is 32.1. The zero-order chi connectivity index (χ0) is 16.8. The first-order chi connectivity index (χ1) is 11.7. The number of carbonyl (C=O) groups excluding carboxylic acids is 1. The third-order valence-corrected chi connectivity index (χ3v) is 5.54. The monoisotopic (exact) mass is 344 g/mol. The minimum absolute atomic E-state index is 0.0152. The number of hydrogen-bond acceptors (Lipinski definition) is 4. The highest BCUT2D eigenvalue weighted by molar-refractivity contribution is 7.14. The Morgan fingerprint density at radius 3 is 2.83 bits per heavy atom. The normalized spacial score (nSPS) is 14.5. The number of carbonyl (C=O) groups is 1. The van der Waals surface area contributed by atoms with Crippen LogP contribution in [0.2, 0.25) is 0 Å². The van der Waals surface area contributed by atoms with Crippen LogP contribution in [0.15, 0.2) is 29.6 Å². The van der Waals surface area contributed by atoms with Crippen molar-refractivity contribution in [2.24, 2.45) is 5.10 Å². The van der Waals surface area contributed by atoms with Gasteiger partial charge in [0.1, 0.15) is 5.82 Å². The van der Waals surface area contributed by atoms with Crippen molar-refractivity contribution in [3.05, 3.63) is 40.1 Å². The molecule has 2 aromatic heterocycles. The van der Waals surface area contributed by atoms with E-state index in [9.17, 15) is 4.79 Å². The molecule has 2 aromatic rings. The van der Waals surface area contributed by atoms with Crippen molar-refractivity contribution in [3.63, 3.8) is 0 Å². The van der Waals surface area contributed by atoms with E-state index in [0.717, 1.165) is 30.9 Å². The summed E-state index contributed by atoms with van der Waals surface area (Å²) >= 11 is 1.81. The number of hydrogen-bond donors (Lipinski definition) is 1. The van der Waals surface area contributed by atoms with Gasteiger partial charge < -0.3 is 4.57 Å². The molecule has 3 rings (SSSR count). The van der Waals surface area contributed by atoms with Gasteiger partial charge >= 0.3 is 0 Å². The zero-order valence-corrected chi connectivity index (χ0v) is 14.9. The molecule has 0 radical (unpaired) electrons. The van der Waals surface area contributed by atoms with Crippen LogP contribution in [0.4, 0.5) is 0 Å². The average Bonchev–Trinajstić information content (AvgIpc) is 3.21. The number of imidazole rings is 1. The van der Waals surface area contributed by atoms with Crippen LogP contribution in [0.3, 0.4) is 0 Å². The largest absolute Gasteiger partial charge is 0.335 e. The van der Waals surface area contributed by atoms with Crippen molar-refractivity contribution in [1.82, 2.24) is 15.0 Å². The fourth-order valence-corrected chi connectivity index (χ4v) is 3.96. The van der Waals surface area contributed by atoms with E-state index in [0.29, 0.717) is 6.42 Å². The molecule has 1 aliphatic heterocycles. The third-order valence-electron chi connectivity index (χ3n) is 4.35. The summed E-state index contributed by atoms with van der Waals surface area (Å²) in [5.41, 5.74) is 3.59. The average molecular weight is 344 g/mol. The number of aryl methyl sites for hydroxylation is 3. The molecule has 0 atom stereocenters. The maximum Gasteiger partial charge on any atom is 0.240 e. The van der Waals surface area contributed by atoms with Crippen LogP contribution in [0.25, 0.3) is 0 Å². The van der Waals surface area contributed by atoms with Crippen LogP contribution in [0.1, 0.15) is 54.1 Å². The lowest BCUT2D eigenvalue weighted by atomic mass is 10.1. The maximum atomic E-state index is 11.1. The first kappa shape index (κ1) is 16.9. The molecule has 0 spiro atoms. The molecular formula is C18H24N4OS. The Balaban J connectivity index is 1.35. The van der Waals surface area contributed by atoms with Gasteiger partial charge in [0.25, 0.3) is 0 Å². The lowest BCUT2D eigenvalue weighted by Crippen LogP contribution is -2.25. The van der Waals surface area contributed by atoms with Crippen LogP contribution < -0.4 is 5.43 Å². The summed E-state index contributed by atoms with van der Waals surface area (Å²) in [6.45, 7) is 3.12. The number of unbranched alkanes of at least 4 members (excludes halogenated alkanes) is 3. The van der Waals surface area contributed by atoms with Gasteiger partial charge in [-0.25, -0.2) is 10.4 Å². The Labute approximate surface area is 146 Å². The van der Waals surface area contributed by atoms with E-state index in [4.69, 9.17) is 0 Å². The molecule has 1 N–H and O–H groups in total. The molecule has 0 saturated heterocycles. The van der Waals surface area contributed by atoms with Crippen molar-refractivity contribution in [2.45, 2.75) is 58.4 Å². The number of rotatable bonds is 8. The molecule has 0 aromatic carbocycles. The summed E-state index contributed by atoms with van der Waals surface area (Å²) in [5.74, 6) is 1.12. The number of amides is 1. The molecule has 0 saturated carbocycles. The van der Waals surface area contributed by atoms with Gasteiger partial charge in [0.15, 0.2) is 0 Å². The maximum absolute atomic E-state index is 11.1. The molecule has 5 nitrogen and oxygen atoms in total. The predicted molar refractivity (Wildman–Crippen MR) is 97.4 cm³/mol. The second-order valence-electron chi connectivity index (χ2n) is 6.19. The van der Waals surface area contributed by atoms with E-state index in [1.165, 1.54) is 35.4 Å². The number of aromatic nitrogens is 2. The molecule has 3 heterocycles. The summed E-state index contributed by atoms with van der Waals surface area (Å²) in [5, 5.41) is 4.17. The molecular weight excluding hydrogens is 320 g/mol. The molecule has 128 valence electrons. The summed E-state index contributed by atoms with van der Waals surface area (Å²) < 4.78 is 2.22. The standard InChI is InChI=1S/C18H24N4OS/c1-14-19-11-13-22(14)12-5-3-2-4-6-15-7-9-17(24-15)16-8-10-18(23)21-20-16/h7,9,11,13H,2-6,8,10,12H2,1H3,(H,21,23). The summed E-state index contributed by atoms with van der Waals surface area (Å²) in [7, 11) is 0. The van der Waals surface area contributed by atoms with E-state index >= 15 is 0 Å². The fraction of sp³-hybridized carbons (Fsp3) is 0.500. The van der Waals surface area contributed by atoms with E-state index < -0.39 is 0 Å². The van der Waals surface area contributed by atoms with Gasteiger partial charge in [-0.05, 0) is 38.3 Å². The second kappa shape index (κ2) is 8.24. The molecule has 0 bridgehead atoms. The molecule has 0 aliphatic carbocycles. The highest BCUT2D eigenvalue weighted by Crippen LogP contribution is 2.22. The molecule has 0 fully saturated rings.